The van der Waals surface area contributed by atoms with Crippen LogP contribution in [0.2, 0.25) is 0 Å². The maximum atomic E-state index is 9.56. The van der Waals surface area contributed by atoms with Crippen LogP contribution < -0.4 is 4.74 Å². The molecule has 88 valence electrons. The van der Waals surface area contributed by atoms with Crippen LogP contribution in [0.4, 0.5) is 0 Å². The van der Waals surface area contributed by atoms with Crippen molar-refractivity contribution in [1.29, 1.82) is 0 Å². The van der Waals surface area contributed by atoms with Gasteiger partial charge in [-0.2, -0.15) is 0 Å². The first kappa shape index (κ1) is 11.3. The molecular formula is C13H19NO2. The largest absolute Gasteiger partial charge is 0.504 e. The molecule has 0 spiro atoms. The van der Waals surface area contributed by atoms with Crippen molar-refractivity contribution in [2.75, 3.05) is 26.7 Å². The topological polar surface area (TPSA) is 32.7 Å². The smallest absolute Gasteiger partial charge is 0.160 e. The van der Waals surface area contributed by atoms with E-state index < -0.39 is 0 Å². The number of phenolic OH excluding ortho intramolecular Hbond substituents is 1. The van der Waals surface area contributed by atoms with E-state index in [1.54, 1.807) is 12.1 Å². The molecule has 0 aliphatic carbocycles. The molecule has 1 aromatic carbocycles. The van der Waals surface area contributed by atoms with Crippen molar-refractivity contribution >= 4 is 0 Å². The van der Waals surface area contributed by atoms with E-state index >= 15 is 0 Å². The van der Waals surface area contributed by atoms with Gasteiger partial charge in [-0.1, -0.05) is 12.1 Å². The summed E-state index contributed by atoms with van der Waals surface area (Å²) < 4.78 is 5.65. The monoisotopic (exact) mass is 221 g/mol. The highest BCUT2D eigenvalue weighted by Gasteiger charge is 2.17. The highest BCUT2D eigenvalue weighted by molar-refractivity contribution is 5.37. The minimum Gasteiger partial charge on any atom is -0.504 e. The molecule has 1 aliphatic rings. The molecule has 16 heavy (non-hydrogen) atoms. The number of hydrogen-bond donors (Lipinski definition) is 1. The van der Waals surface area contributed by atoms with Gasteiger partial charge < -0.3 is 14.7 Å². The van der Waals surface area contributed by atoms with Crippen LogP contribution in [0.5, 0.6) is 11.5 Å². The molecule has 1 atom stereocenters. The molecule has 1 heterocycles. The third-order valence-corrected chi connectivity index (χ3v) is 3.06. The first-order valence-electron chi connectivity index (χ1n) is 5.85. The Labute approximate surface area is 96.6 Å². The Kier molecular flexibility index (Phi) is 3.67. The van der Waals surface area contributed by atoms with Gasteiger partial charge in [0, 0.05) is 12.5 Å². The van der Waals surface area contributed by atoms with Gasteiger partial charge in [0.25, 0.3) is 0 Å². The molecule has 1 aliphatic heterocycles. The Morgan fingerprint density at radius 2 is 2.25 bits per heavy atom. The average Bonchev–Trinajstić information content (AvgIpc) is 2.28. The Hall–Kier alpha value is -1.22. The van der Waals surface area contributed by atoms with Crippen molar-refractivity contribution in [2.24, 2.45) is 5.92 Å². The Morgan fingerprint density at radius 3 is 3.00 bits per heavy atom. The summed E-state index contributed by atoms with van der Waals surface area (Å²) in [6.45, 7) is 2.97. The lowest BCUT2D eigenvalue weighted by Gasteiger charge is -2.29. The number of benzene rings is 1. The zero-order chi connectivity index (χ0) is 11.4. The highest BCUT2D eigenvalue weighted by Crippen LogP contribution is 2.25. The normalized spacial score (nSPS) is 21.9. The molecule has 0 aromatic heterocycles. The zero-order valence-corrected chi connectivity index (χ0v) is 9.72. The Morgan fingerprint density at radius 1 is 1.44 bits per heavy atom. The van der Waals surface area contributed by atoms with Crippen molar-refractivity contribution in [2.45, 2.75) is 12.8 Å². The first-order valence-corrected chi connectivity index (χ1v) is 5.85. The minimum absolute atomic E-state index is 0.228. The number of para-hydroxylation sites is 2. The summed E-state index contributed by atoms with van der Waals surface area (Å²) in [7, 11) is 2.14. The van der Waals surface area contributed by atoms with Gasteiger partial charge in [-0.3, -0.25) is 0 Å². The number of ether oxygens (including phenoxy) is 1. The maximum Gasteiger partial charge on any atom is 0.160 e. The number of likely N-dealkylation sites (tertiary alicyclic amines) is 1. The van der Waals surface area contributed by atoms with Crippen LogP contribution in [0.15, 0.2) is 24.3 Å². The van der Waals surface area contributed by atoms with Crippen LogP contribution in [0.1, 0.15) is 12.8 Å². The van der Waals surface area contributed by atoms with Gasteiger partial charge in [0.2, 0.25) is 0 Å². The van der Waals surface area contributed by atoms with E-state index in [0.29, 0.717) is 18.3 Å². The van der Waals surface area contributed by atoms with Crippen LogP contribution in [0.25, 0.3) is 0 Å². The quantitative estimate of drug-likeness (QED) is 0.848. The summed E-state index contributed by atoms with van der Waals surface area (Å²) in [5.74, 6) is 1.40. The molecule has 2 rings (SSSR count). The van der Waals surface area contributed by atoms with E-state index in [1.807, 2.05) is 12.1 Å². The zero-order valence-electron chi connectivity index (χ0n) is 9.72. The molecule has 0 bridgehead atoms. The molecule has 1 N–H and O–H groups in total. The predicted molar refractivity (Wildman–Crippen MR) is 63.8 cm³/mol. The second-order valence-corrected chi connectivity index (χ2v) is 4.55. The fraction of sp³-hybridized carbons (Fsp3) is 0.538. The fourth-order valence-electron chi connectivity index (χ4n) is 2.20. The van der Waals surface area contributed by atoms with Gasteiger partial charge >= 0.3 is 0 Å². The van der Waals surface area contributed by atoms with Crippen LogP contribution in [-0.2, 0) is 0 Å². The minimum atomic E-state index is 0.228. The first-order chi connectivity index (χ1) is 7.75. The van der Waals surface area contributed by atoms with Crippen molar-refractivity contribution in [3.05, 3.63) is 24.3 Å². The highest BCUT2D eigenvalue weighted by atomic mass is 16.5. The van der Waals surface area contributed by atoms with Crippen molar-refractivity contribution < 1.29 is 9.84 Å². The summed E-state index contributed by atoms with van der Waals surface area (Å²) in [5, 5.41) is 9.56. The van der Waals surface area contributed by atoms with E-state index in [9.17, 15) is 5.11 Å². The predicted octanol–water partition coefficient (Wildman–Crippen LogP) is 2.11. The van der Waals surface area contributed by atoms with Gasteiger partial charge in [0.1, 0.15) is 0 Å². The van der Waals surface area contributed by atoms with Gasteiger partial charge in [-0.05, 0) is 38.6 Å². The lowest BCUT2D eigenvalue weighted by Crippen LogP contribution is -2.34. The summed E-state index contributed by atoms with van der Waals surface area (Å²) in [5.41, 5.74) is 0. The Balaban J connectivity index is 1.85. The molecule has 1 aromatic rings. The van der Waals surface area contributed by atoms with Crippen LogP contribution in [-0.4, -0.2) is 36.8 Å². The summed E-state index contributed by atoms with van der Waals surface area (Å²) in [4.78, 5) is 2.34. The summed E-state index contributed by atoms with van der Waals surface area (Å²) in [6.07, 6.45) is 2.46. The number of rotatable bonds is 3. The molecule has 1 fully saturated rings. The lowest BCUT2D eigenvalue weighted by molar-refractivity contribution is 0.148. The molecule has 0 unspecified atom stereocenters. The van der Waals surface area contributed by atoms with Crippen LogP contribution in [0.3, 0.4) is 0 Å². The van der Waals surface area contributed by atoms with Gasteiger partial charge in [0.05, 0.1) is 6.61 Å². The SMILES string of the molecule is CN1CCC[C@@H](COc2ccccc2O)C1. The average molecular weight is 221 g/mol. The number of aromatic hydroxyl groups is 1. The van der Waals surface area contributed by atoms with E-state index in [0.717, 1.165) is 6.54 Å². The van der Waals surface area contributed by atoms with Crippen LogP contribution in [0, 0.1) is 5.92 Å². The molecule has 3 nitrogen and oxygen atoms in total. The van der Waals surface area contributed by atoms with Gasteiger partial charge in [-0.25, -0.2) is 0 Å². The number of hydrogen-bond acceptors (Lipinski definition) is 3. The molecule has 0 amide bonds. The third-order valence-electron chi connectivity index (χ3n) is 3.06. The van der Waals surface area contributed by atoms with Crippen molar-refractivity contribution in [3.8, 4) is 11.5 Å². The summed E-state index contributed by atoms with van der Waals surface area (Å²) in [6, 6.07) is 7.14. The Bertz CT molecular complexity index is 340. The maximum absolute atomic E-state index is 9.56. The molecule has 3 heteroatoms. The summed E-state index contributed by atoms with van der Waals surface area (Å²) >= 11 is 0. The lowest BCUT2D eigenvalue weighted by atomic mass is 10.00. The number of nitrogens with zero attached hydrogens (tertiary/aromatic N) is 1. The second kappa shape index (κ2) is 5.21. The van der Waals surface area contributed by atoms with Crippen molar-refractivity contribution in [3.63, 3.8) is 0 Å². The molecule has 0 saturated carbocycles. The van der Waals surface area contributed by atoms with Gasteiger partial charge in [-0.15, -0.1) is 0 Å². The van der Waals surface area contributed by atoms with E-state index in [4.69, 9.17) is 4.74 Å². The number of phenols is 1. The van der Waals surface area contributed by atoms with E-state index in [1.165, 1.54) is 19.4 Å². The number of piperidine rings is 1. The second-order valence-electron chi connectivity index (χ2n) is 4.55. The van der Waals surface area contributed by atoms with E-state index in [2.05, 4.69) is 11.9 Å². The molecular weight excluding hydrogens is 202 g/mol. The fourth-order valence-corrected chi connectivity index (χ4v) is 2.20. The van der Waals surface area contributed by atoms with E-state index in [-0.39, 0.29) is 5.75 Å². The van der Waals surface area contributed by atoms with Crippen LogP contribution >= 0.6 is 0 Å². The van der Waals surface area contributed by atoms with Crippen molar-refractivity contribution in [1.82, 2.24) is 4.90 Å². The standard InChI is InChI=1S/C13H19NO2/c1-14-8-4-5-11(9-14)10-16-13-7-3-2-6-12(13)15/h2-3,6-7,11,15H,4-5,8-10H2,1H3/t11-/m1/s1. The third kappa shape index (κ3) is 2.89. The molecule has 0 radical (unpaired) electrons. The molecule has 1 saturated heterocycles. The van der Waals surface area contributed by atoms with Gasteiger partial charge in [0.15, 0.2) is 11.5 Å².